The van der Waals surface area contributed by atoms with Crippen LogP contribution in [0.3, 0.4) is 0 Å². The average molecular weight is 331 g/mol. The van der Waals surface area contributed by atoms with Gasteiger partial charge in [-0.3, -0.25) is 4.79 Å². The number of piperidine rings is 1. The van der Waals surface area contributed by atoms with E-state index < -0.39 is 0 Å². The van der Waals surface area contributed by atoms with E-state index in [1.807, 2.05) is 35.2 Å². The zero-order chi connectivity index (χ0) is 16.1. The fourth-order valence-electron chi connectivity index (χ4n) is 2.91. The van der Waals surface area contributed by atoms with Gasteiger partial charge in [-0.15, -0.1) is 11.3 Å². The van der Waals surface area contributed by atoms with Crippen LogP contribution < -0.4 is 5.32 Å². The number of ether oxygens (including phenoxy) is 1. The standard InChI is InChI=1S/C17H21N3O2S/c1-22-11-13-6-5-9-20(10-13)17(21)15-16(23-12-18-15)19-14-7-3-2-4-8-14/h2-4,7-8,12-13,19H,5-6,9-11H2,1H3. The Labute approximate surface area is 140 Å². The van der Waals surface area contributed by atoms with Crippen molar-refractivity contribution in [3.63, 3.8) is 0 Å². The van der Waals surface area contributed by atoms with Gasteiger partial charge in [0.15, 0.2) is 5.69 Å². The maximum Gasteiger partial charge on any atom is 0.275 e. The first-order valence-electron chi connectivity index (χ1n) is 7.81. The Balaban J connectivity index is 1.72. The van der Waals surface area contributed by atoms with Crippen molar-refractivity contribution in [1.29, 1.82) is 0 Å². The van der Waals surface area contributed by atoms with Crippen molar-refractivity contribution in [2.45, 2.75) is 12.8 Å². The molecule has 2 heterocycles. The number of amides is 1. The van der Waals surface area contributed by atoms with Gasteiger partial charge in [0.2, 0.25) is 0 Å². The summed E-state index contributed by atoms with van der Waals surface area (Å²) in [6.45, 7) is 2.24. The van der Waals surface area contributed by atoms with Crippen LogP contribution in [0.5, 0.6) is 0 Å². The molecule has 1 fully saturated rings. The van der Waals surface area contributed by atoms with Gasteiger partial charge >= 0.3 is 0 Å². The van der Waals surface area contributed by atoms with Gasteiger partial charge in [0.25, 0.3) is 5.91 Å². The largest absolute Gasteiger partial charge is 0.384 e. The van der Waals surface area contributed by atoms with E-state index in [0.717, 1.165) is 36.6 Å². The number of nitrogens with zero attached hydrogens (tertiary/aromatic N) is 2. The number of para-hydroxylation sites is 1. The first-order valence-corrected chi connectivity index (χ1v) is 8.69. The van der Waals surface area contributed by atoms with Gasteiger partial charge in [0, 0.05) is 25.9 Å². The van der Waals surface area contributed by atoms with Crippen molar-refractivity contribution in [2.24, 2.45) is 5.92 Å². The lowest BCUT2D eigenvalue weighted by Gasteiger charge is -2.32. The molecule has 1 atom stereocenters. The summed E-state index contributed by atoms with van der Waals surface area (Å²) >= 11 is 1.45. The molecule has 5 nitrogen and oxygen atoms in total. The molecule has 3 rings (SSSR count). The second-order valence-corrected chi connectivity index (χ2v) is 6.59. The van der Waals surface area contributed by atoms with Gasteiger partial charge in [0.1, 0.15) is 5.00 Å². The highest BCUT2D eigenvalue weighted by Gasteiger charge is 2.27. The number of hydrogen-bond donors (Lipinski definition) is 1. The van der Waals surface area contributed by atoms with Crippen molar-refractivity contribution in [3.05, 3.63) is 41.5 Å². The molecule has 122 valence electrons. The van der Waals surface area contributed by atoms with Crippen LogP contribution >= 0.6 is 11.3 Å². The molecule has 1 unspecified atom stereocenters. The number of methoxy groups -OCH3 is 1. The van der Waals surface area contributed by atoms with Crippen LogP contribution in [0.2, 0.25) is 0 Å². The zero-order valence-corrected chi connectivity index (χ0v) is 14.0. The Hall–Kier alpha value is -1.92. The second kappa shape index (κ2) is 7.57. The summed E-state index contributed by atoms with van der Waals surface area (Å²) in [5.41, 5.74) is 3.19. The number of likely N-dealkylation sites (tertiary alicyclic amines) is 1. The number of aromatic nitrogens is 1. The third-order valence-corrected chi connectivity index (χ3v) is 4.75. The molecule has 0 radical (unpaired) electrons. The summed E-state index contributed by atoms with van der Waals surface area (Å²) in [7, 11) is 1.71. The number of anilines is 2. The number of nitrogens with one attached hydrogen (secondary N) is 1. The Kier molecular flexibility index (Phi) is 5.25. The van der Waals surface area contributed by atoms with E-state index >= 15 is 0 Å². The lowest BCUT2D eigenvalue weighted by molar-refractivity contribution is 0.0567. The predicted molar refractivity (Wildman–Crippen MR) is 92.3 cm³/mol. The molecule has 1 saturated heterocycles. The molecule has 2 aromatic rings. The van der Waals surface area contributed by atoms with Crippen LogP contribution in [-0.4, -0.2) is 42.6 Å². The lowest BCUT2D eigenvalue weighted by Crippen LogP contribution is -2.41. The normalized spacial score (nSPS) is 18.0. The average Bonchev–Trinajstić information content (AvgIpc) is 3.04. The first kappa shape index (κ1) is 16.0. The van der Waals surface area contributed by atoms with E-state index in [1.165, 1.54) is 11.3 Å². The Bertz CT molecular complexity index is 642. The molecule has 6 heteroatoms. The summed E-state index contributed by atoms with van der Waals surface area (Å²) in [6.07, 6.45) is 2.13. The molecular formula is C17H21N3O2S. The van der Waals surface area contributed by atoms with Gasteiger partial charge in [-0.05, 0) is 30.9 Å². The van der Waals surface area contributed by atoms with Gasteiger partial charge in [-0.25, -0.2) is 4.98 Å². The topological polar surface area (TPSA) is 54.5 Å². The van der Waals surface area contributed by atoms with Crippen LogP contribution in [0, 0.1) is 5.92 Å². The molecule has 1 aromatic carbocycles. The third kappa shape index (κ3) is 3.89. The van der Waals surface area contributed by atoms with Crippen molar-refractivity contribution >= 4 is 27.9 Å². The van der Waals surface area contributed by atoms with Crippen LogP contribution in [0.15, 0.2) is 35.8 Å². The molecule has 1 aliphatic rings. The van der Waals surface area contributed by atoms with Crippen LogP contribution in [0.1, 0.15) is 23.3 Å². The Morgan fingerprint density at radius 3 is 3.04 bits per heavy atom. The van der Waals surface area contributed by atoms with E-state index in [0.29, 0.717) is 18.2 Å². The summed E-state index contributed by atoms with van der Waals surface area (Å²) in [6, 6.07) is 9.84. The Morgan fingerprint density at radius 2 is 2.26 bits per heavy atom. The van der Waals surface area contributed by atoms with E-state index in [4.69, 9.17) is 4.74 Å². The number of thiazole rings is 1. The zero-order valence-electron chi connectivity index (χ0n) is 13.2. The highest BCUT2D eigenvalue weighted by molar-refractivity contribution is 7.14. The summed E-state index contributed by atoms with van der Waals surface area (Å²) in [5, 5.41) is 4.09. The van der Waals surface area contributed by atoms with Crippen molar-refractivity contribution < 1.29 is 9.53 Å². The van der Waals surface area contributed by atoms with Crippen LogP contribution in [0.25, 0.3) is 0 Å². The minimum atomic E-state index is 0.00508. The molecule has 1 amide bonds. The maximum atomic E-state index is 12.8. The van der Waals surface area contributed by atoms with Gasteiger partial charge in [0.05, 0.1) is 12.1 Å². The quantitative estimate of drug-likeness (QED) is 0.912. The van der Waals surface area contributed by atoms with E-state index in [-0.39, 0.29) is 5.91 Å². The van der Waals surface area contributed by atoms with E-state index in [1.54, 1.807) is 12.6 Å². The number of hydrogen-bond acceptors (Lipinski definition) is 5. The highest BCUT2D eigenvalue weighted by Crippen LogP contribution is 2.27. The molecule has 0 aliphatic carbocycles. The minimum Gasteiger partial charge on any atom is -0.384 e. The Morgan fingerprint density at radius 1 is 1.43 bits per heavy atom. The summed E-state index contributed by atoms with van der Waals surface area (Å²) in [5.74, 6) is 0.423. The van der Waals surface area contributed by atoms with Gasteiger partial charge in [-0.1, -0.05) is 18.2 Å². The molecule has 1 aliphatic heterocycles. The van der Waals surface area contributed by atoms with Gasteiger partial charge < -0.3 is 15.0 Å². The molecule has 0 bridgehead atoms. The number of benzene rings is 1. The number of carbonyl (C=O) groups excluding carboxylic acids is 1. The first-order chi connectivity index (χ1) is 11.3. The number of carbonyl (C=O) groups is 1. The summed E-state index contributed by atoms with van der Waals surface area (Å²) < 4.78 is 5.24. The molecule has 0 spiro atoms. The molecule has 1 aromatic heterocycles. The molecular weight excluding hydrogens is 310 g/mol. The van der Waals surface area contributed by atoms with E-state index in [2.05, 4.69) is 10.3 Å². The van der Waals surface area contributed by atoms with Crippen molar-refractivity contribution in [3.8, 4) is 0 Å². The van der Waals surface area contributed by atoms with E-state index in [9.17, 15) is 4.79 Å². The molecule has 1 N–H and O–H groups in total. The molecule has 0 saturated carbocycles. The minimum absolute atomic E-state index is 0.00508. The van der Waals surface area contributed by atoms with Gasteiger partial charge in [-0.2, -0.15) is 0 Å². The molecule has 23 heavy (non-hydrogen) atoms. The second-order valence-electron chi connectivity index (χ2n) is 5.74. The smallest absolute Gasteiger partial charge is 0.275 e. The SMILES string of the molecule is COCC1CCCN(C(=O)c2ncsc2Nc2ccccc2)C1. The third-order valence-electron chi connectivity index (χ3n) is 4.01. The fourth-order valence-corrected chi connectivity index (χ4v) is 3.60. The maximum absolute atomic E-state index is 12.8. The monoisotopic (exact) mass is 331 g/mol. The van der Waals surface area contributed by atoms with Crippen molar-refractivity contribution in [1.82, 2.24) is 9.88 Å². The summed E-state index contributed by atoms with van der Waals surface area (Å²) in [4.78, 5) is 19.0. The van der Waals surface area contributed by atoms with Crippen LogP contribution in [-0.2, 0) is 4.74 Å². The van der Waals surface area contributed by atoms with Crippen molar-refractivity contribution in [2.75, 3.05) is 32.1 Å². The number of rotatable bonds is 5. The van der Waals surface area contributed by atoms with Crippen LogP contribution in [0.4, 0.5) is 10.7 Å². The lowest BCUT2D eigenvalue weighted by atomic mass is 9.99. The fraction of sp³-hybridized carbons (Fsp3) is 0.412. The highest BCUT2D eigenvalue weighted by atomic mass is 32.1. The predicted octanol–water partition coefficient (Wildman–Crippen LogP) is 3.39.